The van der Waals surface area contributed by atoms with E-state index in [4.69, 9.17) is 4.55 Å². The second-order valence-corrected chi connectivity index (χ2v) is 6.60. The van der Waals surface area contributed by atoms with E-state index < -0.39 is 20.3 Å². The van der Waals surface area contributed by atoms with Crippen LogP contribution >= 0.6 is 0 Å². The Balaban J connectivity index is 2.69. The summed E-state index contributed by atoms with van der Waals surface area (Å²) in [6, 6.07) is 11.1. The topological polar surface area (TPSA) is 101 Å². The molecule has 0 radical (unpaired) electrons. The summed E-state index contributed by atoms with van der Waals surface area (Å²) in [6.07, 6.45) is 0. The number of hydrogen-bond donors (Lipinski definition) is 2. The predicted molar refractivity (Wildman–Crippen MR) is 65.8 cm³/mol. The third-order valence-electron chi connectivity index (χ3n) is 2.25. The van der Waals surface area contributed by atoms with Gasteiger partial charge in [-0.15, -0.1) is 0 Å². The Morgan fingerprint density at radius 3 is 2.17 bits per heavy atom. The summed E-state index contributed by atoms with van der Waals surface area (Å²) in [6.45, 7) is 0. The standard InChI is InChI=1S/C10H9NO5S2/c12-17(13,11-18(14,15)16)10-7-3-5-8-4-1-2-6-9(8)10/h1-7,11H,(H,14,15,16). The van der Waals surface area contributed by atoms with E-state index in [0.717, 1.165) is 0 Å². The van der Waals surface area contributed by atoms with Crippen molar-refractivity contribution in [2.75, 3.05) is 0 Å². The molecule has 0 saturated heterocycles. The van der Waals surface area contributed by atoms with E-state index in [1.54, 1.807) is 30.3 Å². The fraction of sp³-hybridized carbons (Fsp3) is 0. The largest absolute Gasteiger partial charge is 0.346 e. The minimum absolute atomic E-state index is 0.210. The smallest absolute Gasteiger partial charge is 0.273 e. The predicted octanol–water partition coefficient (Wildman–Crippen LogP) is 0.921. The van der Waals surface area contributed by atoms with E-state index in [0.29, 0.717) is 10.8 Å². The highest BCUT2D eigenvalue weighted by atomic mass is 32.3. The van der Waals surface area contributed by atoms with Crippen LogP contribution in [0.5, 0.6) is 0 Å². The van der Waals surface area contributed by atoms with Crippen molar-refractivity contribution < 1.29 is 21.4 Å². The summed E-state index contributed by atoms with van der Waals surface area (Å²) < 4.78 is 54.6. The van der Waals surface area contributed by atoms with Gasteiger partial charge in [-0.2, -0.15) is 8.42 Å². The third kappa shape index (κ3) is 2.67. The molecule has 0 aliphatic carbocycles. The average molecular weight is 287 g/mol. The lowest BCUT2D eigenvalue weighted by atomic mass is 10.1. The molecule has 0 saturated carbocycles. The van der Waals surface area contributed by atoms with Gasteiger partial charge in [0.2, 0.25) is 0 Å². The summed E-state index contributed by atoms with van der Waals surface area (Å²) in [7, 11) is -9.17. The zero-order valence-electron chi connectivity index (χ0n) is 8.94. The van der Waals surface area contributed by atoms with E-state index in [2.05, 4.69) is 0 Å². The molecule has 0 bridgehead atoms. The highest BCUT2D eigenvalue weighted by molar-refractivity contribution is 8.02. The maximum atomic E-state index is 11.8. The van der Waals surface area contributed by atoms with Gasteiger partial charge in [-0.1, -0.05) is 40.5 Å². The quantitative estimate of drug-likeness (QED) is 0.818. The second-order valence-electron chi connectivity index (χ2n) is 3.54. The molecule has 8 heteroatoms. The zero-order valence-corrected chi connectivity index (χ0v) is 10.6. The monoisotopic (exact) mass is 287 g/mol. The number of hydrogen-bond acceptors (Lipinski definition) is 4. The van der Waals surface area contributed by atoms with Gasteiger partial charge in [0.15, 0.2) is 0 Å². The molecule has 2 N–H and O–H groups in total. The number of fused-ring (bicyclic) bond motifs is 1. The van der Waals surface area contributed by atoms with E-state index in [1.807, 2.05) is 0 Å². The fourth-order valence-electron chi connectivity index (χ4n) is 1.61. The van der Waals surface area contributed by atoms with E-state index in [9.17, 15) is 16.8 Å². The normalized spacial score (nSPS) is 12.7. The first kappa shape index (κ1) is 13.0. The first-order valence-electron chi connectivity index (χ1n) is 4.78. The maximum absolute atomic E-state index is 11.8. The van der Waals surface area contributed by atoms with E-state index in [-0.39, 0.29) is 4.90 Å². The summed E-state index contributed by atoms with van der Waals surface area (Å²) in [5.74, 6) is 0. The lowest BCUT2D eigenvalue weighted by molar-refractivity contribution is 0.477. The third-order valence-corrected chi connectivity index (χ3v) is 4.91. The summed E-state index contributed by atoms with van der Waals surface area (Å²) >= 11 is 0. The Labute approximate surface area is 104 Å². The molecule has 0 aromatic heterocycles. The Morgan fingerprint density at radius 2 is 1.50 bits per heavy atom. The fourth-order valence-corrected chi connectivity index (χ4v) is 3.81. The van der Waals surface area contributed by atoms with E-state index in [1.165, 1.54) is 16.3 Å². The molecular weight excluding hydrogens is 278 g/mol. The van der Waals surface area contributed by atoms with Crippen LogP contribution in [0.4, 0.5) is 0 Å². The molecule has 0 aliphatic rings. The molecule has 0 amide bonds. The first-order valence-corrected chi connectivity index (χ1v) is 7.71. The van der Waals surface area contributed by atoms with Gasteiger partial charge < -0.3 is 0 Å². The van der Waals surface area contributed by atoms with Gasteiger partial charge in [-0.25, -0.2) is 8.42 Å². The van der Waals surface area contributed by atoms with Gasteiger partial charge >= 0.3 is 10.3 Å². The van der Waals surface area contributed by atoms with Crippen LogP contribution < -0.4 is 4.13 Å². The van der Waals surface area contributed by atoms with Crippen LogP contribution in [-0.4, -0.2) is 21.4 Å². The van der Waals surface area contributed by atoms with Gasteiger partial charge in [-0.05, 0) is 11.5 Å². The molecule has 0 atom stereocenters. The molecule has 6 nitrogen and oxygen atoms in total. The van der Waals surface area contributed by atoms with Gasteiger partial charge in [0, 0.05) is 5.39 Å². The van der Waals surface area contributed by atoms with Crippen LogP contribution in [0.15, 0.2) is 47.4 Å². The molecule has 18 heavy (non-hydrogen) atoms. The molecule has 0 fully saturated rings. The molecule has 0 heterocycles. The molecule has 2 aromatic rings. The van der Waals surface area contributed by atoms with Crippen molar-refractivity contribution in [1.29, 1.82) is 0 Å². The SMILES string of the molecule is O=S(=O)(O)NS(=O)(=O)c1cccc2ccccc12. The average Bonchev–Trinajstić information content (AvgIpc) is 2.25. The molecule has 2 aromatic carbocycles. The molecule has 0 spiro atoms. The van der Waals surface area contributed by atoms with Gasteiger partial charge in [-0.3, -0.25) is 4.55 Å². The highest BCUT2D eigenvalue weighted by Gasteiger charge is 2.22. The summed E-state index contributed by atoms with van der Waals surface area (Å²) in [4.78, 5) is -0.210. The van der Waals surface area contributed by atoms with Crippen LogP contribution in [0.2, 0.25) is 0 Å². The second kappa shape index (κ2) is 4.32. The maximum Gasteiger partial charge on any atom is 0.346 e. The summed E-state index contributed by atoms with van der Waals surface area (Å²) in [5, 5.41) is 1.02. The Bertz CT molecular complexity index is 791. The van der Waals surface area contributed by atoms with Gasteiger partial charge in [0.05, 0.1) is 4.90 Å². The number of sulfonamides is 1. The minimum Gasteiger partial charge on any atom is -0.273 e. The molecule has 96 valence electrons. The van der Waals surface area contributed by atoms with E-state index >= 15 is 0 Å². The minimum atomic E-state index is -4.84. The van der Waals surface area contributed by atoms with Crippen molar-refractivity contribution in [2.45, 2.75) is 4.90 Å². The number of rotatable bonds is 3. The lowest BCUT2D eigenvalue weighted by Gasteiger charge is -2.07. The molecule has 2 rings (SSSR count). The van der Waals surface area contributed by atoms with Crippen molar-refractivity contribution in [3.05, 3.63) is 42.5 Å². The molecular formula is C10H9NO5S2. The molecule has 0 unspecified atom stereocenters. The molecule has 0 aliphatic heterocycles. The van der Waals surface area contributed by atoms with Crippen LogP contribution in [0, 0.1) is 0 Å². The van der Waals surface area contributed by atoms with Crippen LogP contribution in [0.1, 0.15) is 0 Å². The van der Waals surface area contributed by atoms with Gasteiger partial charge in [0.1, 0.15) is 0 Å². The lowest BCUT2D eigenvalue weighted by Crippen LogP contribution is -2.30. The number of benzene rings is 2. The Hall–Kier alpha value is -1.48. The van der Waals surface area contributed by atoms with Crippen molar-refractivity contribution in [3.63, 3.8) is 0 Å². The van der Waals surface area contributed by atoms with Gasteiger partial charge in [0.25, 0.3) is 10.0 Å². The Kier molecular flexibility index (Phi) is 3.11. The van der Waals surface area contributed by atoms with Crippen molar-refractivity contribution in [1.82, 2.24) is 4.13 Å². The van der Waals surface area contributed by atoms with Crippen molar-refractivity contribution in [2.24, 2.45) is 0 Å². The Morgan fingerprint density at radius 1 is 0.889 bits per heavy atom. The number of nitrogens with one attached hydrogen (secondary N) is 1. The van der Waals surface area contributed by atoms with Crippen molar-refractivity contribution in [3.8, 4) is 0 Å². The zero-order chi connectivity index (χ0) is 13.4. The van der Waals surface area contributed by atoms with Crippen LogP contribution in [-0.2, 0) is 20.3 Å². The van der Waals surface area contributed by atoms with Crippen LogP contribution in [0.25, 0.3) is 10.8 Å². The summed E-state index contributed by atoms with van der Waals surface area (Å²) in [5.41, 5.74) is 0. The highest BCUT2D eigenvalue weighted by Crippen LogP contribution is 2.22. The van der Waals surface area contributed by atoms with Crippen LogP contribution in [0.3, 0.4) is 0 Å². The van der Waals surface area contributed by atoms with Crippen molar-refractivity contribution >= 4 is 31.1 Å². The first-order chi connectivity index (χ1) is 8.30.